The van der Waals surface area contributed by atoms with Gasteiger partial charge in [0.15, 0.2) is 5.01 Å². The molecule has 34 heavy (non-hydrogen) atoms. The number of hydrogen-bond donors (Lipinski definition) is 2. The van der Waals surface area contributed by atoms with Crippen molar-refractivity contribution in [3.05, 3.63) is 39.8 Å². The van der Waals surface area contributed by atoms with Crippen molar-refractivity contribution in [2.24, 2.45) is 5.92 Å². The fraction of sp³-hybridized carbons (Fsp3) is 0.478. The molecule has 4 rings (SSSR count). The molecule has 4 amide bonds. The van der Waals surface area contributed by atoms with Crippen LogP contribution < -0.4 is 10.6 Å². The van der Waals surface area contributed by atoms with Gasteiger partial charge in [-0.05, 0) is 42.9 Å². The summed E-state index contributed by atoms with van der Waals surface area (Å²) >= 11 is 1.00. The Hall–Kier alpha value is -3.34. The predicted molar refractivity (Wildman–Crippen MR) is 124 cm³/mol. The Balaban J connectivity index is 1.29. The summed E-state index contributed by atoms with van der Waals surface area (Å²) in [5.41, 5.74) is 0.882. The van der Waals surface area contributed by atoms with E-state index >= 15 is 0 Å². The second-order valence-electron chi connectivity index (χ2n) is 8.61. The van der Waals surface area contributed by atoms with Crippen LogP contribution in [0.25, 0.3) is 0 Å². The lowest BCUT2D eigenvalue weighted by Gasteiger charge is -2.36. The van der Waals surface area contributed by atoms with Crippen LogP contribution in [0.3, 0.4) is 0 Å². The summed E-state index contributed by atoms with van der Waals surface area (Å²) in [4.78, 5) is 51.0. The number of rotatable bonds is 7. The highest BCUT2D eigenvalue weighted by Gasteiger charge is 2.55. The van der Waals surface area contributed by atoms with Crippen LogP contribution in [0, 0.1) is 5.92 Å². The quantitative estimate of drug-likeness (QED) is 0.455. The fourth-order valence-corrected chi connectivity index (χ4v) is 5.02. The molecule has 1 aliphatic carbocycles. The molecule has 2 N–H and O–H groups in total. The fourth-order valence-electron chi connectivity index (χ4n) is 4.37. The Kier molecular flexibility index (Phi) is 6.92. The lowest BCUT2D eigenvalue weighted by atomic mass is 9.73. The Morgan fingerprint density at radius 3 is 2.71 bits per heavy atom. The van der Waals surface area contributed by atoms with Gasteiger partial charge in [-0.3, -0.25) is 19.3 Å². The number of imide groups is 1. The number of benzene rings is 1. The molecule has 1 saturated carbocycles. The number of ether oxygens (including phenoxy) is 1. The summed E-state index contributed by atoms with van der Waals surface area (Å²) in [5, 5.41) is 13.8. The van der Waals surface area contributed by atoms with Crippen molar-refractivity contribution in [2.75, 3.05) is 11.9 Å². The van der Waals surface area contributed by atoms with Crippen LogP contribution >= 0.6 is 11.3 Å². The van der Waals surface area contributed by atoms with Gasteiger partial charge in [-0.15, -0.1) is 10.2 Å². The number of hydrogen-bond acceptors (Lipinski definition) is 8. The van der Waals surface area contributed by atoms with E-state index in [-0.39, 0.29) is 23.4 Å². The number of aryl methyl sites for hydroxylation is 1. The van der Waals surface area contributed by atoms with Crippen molar-refractivity contribution in [3.8, 4) is 0 Å². The zero-order valence-electron chi connectivity index (χ0n) is 19.1. The summed E-state index contributed by atoms with van der Waals surface area (Å²) in [7, 11) is 0. The number of carbonyl (C=O) groups is 4. The SMILES string of the molecule is CCc1ccc(NC(=O)c2nnc(COC(=O)CN3C(=O)NC4(CCCCC4C)C3=O)s2)cc1. The molecule has 2 atom stereocenters. The number of urea groups is 1. The third-order valence-corrected chi connectivity index (χ3v) is 7.32. The Labute approximate surface area is 201 Å². The van der Waals surface area contributed by atoms with Gasteiger partial charge in [-0.25, -0.2) is 4.79 Å². The first-order valence-electron chi connectivity index (χ1n) is 11.3. The molecular weight excluding hydrogens is 458 g/mol. The van der Waals surface area contributed by atoms with Crippen LogP contribution in [0.15, 0.2) is 24.3 Å². The second-order valence-corrected chi connectivity index (χ2v) is 9.67. The Bertz CT molecular complexity index is 1100. The van der Waals surface area contributed by atoms with Gasteiger partial charge in [0.05, 0.1) is 0 Å². The molecule has 180 valence electrons. The lowest BCUT2D eigenvalue weighted by Crippen LogP contribution is -2.54. The smallest absolute Gasteiger partial charge is 0.326 e. The highest BCUT2D eigenvalue weighted by molar-refractivity contribution is 7.13. The summed E-state index contributed by atoms with van der Waals surface area (Å²) in [6, 6.07) is 6.92. The minimum absolute atomic E-state index is 0.00858. The Morgan fingerprint density at radius 2 is 2.00 bits per heavy atom. The molecule has 1 aromatic carbocycles. The largest absolute Gasteiger partial charge is 0.457 e. The van der Waals surface area contributed by atoms with Crippen LogP contribution in [-0.4, -0.2) is 51.0 Å². The van der Waals surface area contributed by atoms with Crippen molar-refractivity contribution in [3.63, 3.8) is 0 Å². The van der Waals surface area contributed by atoms with Crippen LogP contribution in [0.1, 0.15) is 59.9 Å². The van der Waals surface area contributed by atoms with E-state index in [4.69, 9.17) is 4.74 Å². The van der Waals surface area contributed by atoms with E-state index in [1.54, 1.807) is 0 Å². The number of aromatic nitrogens is 2. The standard InChI is InChI=1S/C23H27N5O5S/c1-3-15-7-9-16(10-8-15)24-19(30)20-27-26-17(34-20)13-33-18(29)12-28-21(31)23(25-22(28)32)11-5-4-6-14(23)2/h7-10,14H,3-6,11-13H2,1-2H3,(H,24,30)(H,25,32). The molecule has 1 spiro atoms. The van der Waals surface area contributed by atoms with Gasteiger partial charge in [-0.1, -0.05) is 50.2 Å². The summed E-state index contributed by atoms with van der Waals surface area (Å²) in [6.07, 6.45) is 4.19. The molecule has 11 heteroatoms. The molecule has 2 unspecified atom stereocenters. The number of esters is 1. The second kappa shape index (κ2) is 9.88. The monoisotopic (exact) mass is 485 g/mol. The van der Waals surface area contributed by atoms with E-state index in [1.807, 2.05) is 31.2 Å². The van der Waals surface area contributed by atoms with E-state index < -0.39 is 30.0 Å². The van der Waals surface area contributed by atoms with Gasteiger partial charge in [0.1, 0.15) is 18.7 Å². The van der Waals surface area contributed by atoms with Crippen LogP contribution in [-0.2, 0) is 27.4 Å². The maximum atomic E-state index is 12.9. The molecule has 2 heterocycles. The van der Waals surface area contributed by atoms with E-state index in [2.05, 4.69) is 27.8 Å². The zero-order chi connectivity index (χ0) is 24.3. The highest BCUT2D eigenvalue weighted by Crippen LogP contribution is 2.38. The van der Waals surface area contributed by atoms with Crippen molar-refractivity contribution in [2.45, 2.75) is 58.1 Å². The lowest BCUT2D eigenvalue weighted by molar-refractivity contribution is -0.149. The molecule has 0 radical (unpaired) electrons. The third kappa shape index (κ3) is 4.79. The van der Waals surface area contributed by atoms with E-state index in [0.29, 0.717) is 17.1 Å². The van der Waals surface area contributed by atoms with Crippen LogP contribution in [0.4, 0.5) is 10.5 Å². The third-order valence-electron chi connectivity index (χ3n) is 6.43. The molecule has 0 bridgehead atoms. The number of nitrogens with one attached hydrogen (secondary N) is 2. The first-order valence-corrected chi connectivity index (χ1v) is 12.2. The number of carbonyl (C=O) groups excluding carboxylic acids is 4. The van der Waals surface area contributed by atoms with E-state index in [0.717, 1.165) is 47.5 Å². The minimum Gasteiger partial charge on any atom is -0.457 e. The van der Waals surface area contributed by atoms with Crippen molar-refractivity contribution >= 4 is 40.8 Å². The maximum Gasteiger partial charge on any atom is 0.326 e. The summed E-state index contributed by atoms with van der Waals surface area (Å²) in [6.45, 7) is 3.32. The number of anilines is 1. The summed E-state index contributed by atoms with van der Waals surface area (Å²) in [5.74, 6) is -1.51. The molecule has 2 aliphatic rings. The predicted octanol–water partition coefficient (Wildman–Crippen LogP) is 2.90. The number of amides is 4. The normalized spacial score (nSPS) is 22.1. The van der Waals surface area contributed by atoms with Gasteiger partial charge in [0.2, 0.25) is 5.01 Å². The van der Waals surface area contributed by atoms with Crippen molar-refractivity contribution < 1.29 is 23.9 Å². The molecular formula is C23H27N5O5S. The van der Waals surface area contributed by atoms with Gasteiger partial charge in [0, 0.05) is 5.69 Å². The zero-order valence-corrected chi connectivity index (χ0v) is 19.9. The molecule has 1 aromatic heterocycles. The average Bonchev–Trinajstić information content (AvgIpc) is 3.40. The molecule has 10 nitrogen and oxygen atoms in total. The van der Waals surface area contributed by atoms with Crippen LogP contribution in [0.5, 0.6) is 0 Å². The Morgan fingerprint density at radius 1 is 1.24 bits per heavy atom. The maximum absolute atomic E-state index is 12.9. The topological polar surface area (TPSA) is 131 Å². The average molecular weight is 486 g/mol. The van der Waals surface area contributed by atoms with Crippen molar-refractivity contribution in [1.82, 2.24) is 20.4 Å². The minimum atomic E-state index is -0.923. The molecule has 2 aromatic rings. The van der Waals surface area contributed by atoms with E-state index in [1.165, 1.54) is 0 Å². The summed E-state index contributed by atoms with van der Waals surface area (Å²) < 4.78 is 5.19. The van der Waals surface area contributed by atoms with Crippen LogP contribution in [0.2, 0.25) is 0 Å². The van der Waals surface area contributed by atoms with Gasteiger partial charge >= 0.3 is 12.0 Å². The van der Waals surface area contributed by atoms with Crippen molar-refractivity contribution in [1.29, 1.82) is 0 Å². The van der Waals surface area contributed by atoms with Gasteiger partial charge in [-0.2, -0.15) is 0 Å². The first kappa shape index (κ1) is 23.8. The first-order chi connectivity index (χ1) is 16.3. The van der Waals surface area contributed by atoms with Gasteiger partial charge < -0.3 is 15.4 Å². The van der Waals surface area contributed by atoms with E-state index in [9.17, 15) is 19.2 Å². The number of nitrogens with zero attached hydrogens (tertiary/aromatic N) is 3. The van der Waals surface area contributed by atoms with Gasteiger partial charge in [0.25, 0.3) is 11.8 Å². The molecule has 1 aliphatic heterocycles. The molecule has 2 fully saturated rings. The molecule has 1 saturated heterocycles. The highest BCUT2D eigenvalue weighted by atomic mass is 32.1.